The fourth-order valence-corrected chi connectivity index (χ4v) is 2.46. The highest BCUT2D eigenvalue weighted by Crippen LogP contribution is 2.53. The summed E-state index contributed by atoms with van der Waals surface area (Å²) in [6.07, 6.45) is 0. The van der Waals surface area contributed by atoms with E-state index >= 15 is 0 Å². The average molecular weight is 277 g/mol. The van der Waals surface area contributed by atoms with Crippen LogP contribution in [0.5, 0.6) is 34.5 Å². The van der Waals surface area contributed by atoms with E-state index in [4.69, 9.17) is 0 Å². The first-order chi connectivity index (χ1) is 9.36. The zero-order chi connectivity index (χ0) is 14.8. The van der Waals surface area contributed by atoms with E-state index in [1.54, 1.807) is 0 Å². The van der Waals surface area contributed by atoms with Gasteiger partial charge in [0.25, 0.3) is 0 Å². The number of benzene rings is 2. The number of fused-ring (bicyclic) bond motifs is 3. The molecule has 0 amide bonds. The molecule has 7 nitrogen and oxygen atoms in total. The third kappa shape index (κ3) is 1.18. The van der Waals surface area contributed by atoms with Gasteiger partial charge in [-0.05, 0) is 12.1 Å². The van der Waals surface area contributed by atoms with Crippen LogP contribution in [0.25, 0.3) is 21.8 Å². The molecule has 0 bridgehead atoms. The normalized spacial score (nSPS) is 11.4. The highest BCUT2D eigenvalue weighted by Gasteiger charge is 2.25. The zero-order valence-electron chi connectivity index (χ0n) is 10.3. The second-order valence-electron chi connectivity index (χ2n) is 4.50. The largest absolute Gasteiger partial charge is 0.504 e. The molecule has 1 aromatic heterocycles. The summed E-state index contributed by atoms with van der Waals surface area (Å²) in [5.74, 6) is -3.98. The van der Waals surface area contributed by atoms with Crippen molar-refractivity contribution in [2.75, 3.05) is 0 Å². The Morgan fingerprint density at radius 2 is 1.30 bits per heavy atom. The number of hydrogen-bond acceptors (Lipinski definition) is 6. The van der Waals surface area contributed by atoms with Gasteiger partial charge in [-0.3, -0.25) is 0 Å². The van der Waals surface area contributed by atoms with Crippen molar-refractivity contribution in [2.45, 2.75) is 0 Å². The summed E-state index contributed by atoms with van der Waals surface area (Å²) in [4.78, 5) is 0. The van der Waals surface area contributed by atoms with Gasteiger partial charge in [0.2, 0.25) is 11.5 Å². The molecule has 7 heteroatoms. The summed E-state index contributed by atoms with van der Waals surface area (Å²) in [6, 6.07) is 2.72. The van der Waals surface area contributed by atoms with Gasteiger partial charge >= 0.3 is 0 Å². The Labute approximate surface area is 111 Å². The molecule has 0 radical (unpaired) electrons. The molecular weight excluding hydrogens is 266 g/mol. The number of phenols is 6. The van der Waals surface area contributed by atoms with Gasteiger partial charge in [-0.15, -0.1) is 0 Å². The monoisotopic (exact) mass is 277 g/mol. The maximum absolute atomic E-state index is 9.96. The fraction of sp³-hybridized carbons (Fsp3) is 0.0769. The summed E-state index contributed by atoms with van der Waals surface area (Å²) in [5.41, 5.74) is 0.416. The van der Waals surface area contributed by atoms with E-state index in [9.17, 15) is 30.6 Å². The van der Waals surface area contributed by atoms with Gasteiger partial charge in [-0.25, -0.2) is 0 Å². The molecule has 0 fully saturated rings. The number of aromatic nitrogens is 1. The Balaban J connectivity index is 2.76. The molecule has 3 rings (SSSR count). The molecule has 1 heterocycles. The van der Waals surface area contributed by atoms with Crippen LogP contribution in [0.3, 0.4) is 0 Å². The lowest BCUT2D eigenvalue weighted by Gasteiger charge is -2.07. The van der Waals surface area contributed by atoms with Gasteiger partial charge in [0.05, 0.1) is 21.8 Å². The van der Waals surface area contributed by atoms with Gasteiger partial charge in [0.15, 0.2) is 23.0 Å². The third-order valence-corrected chi connectivity index (χ3v) is 3.45. The lowest BCUT2D eigenvalue weighted by molar-refractivity contribution is 0.350. The quantitative estimate of drug-likeness (QED) is 0.273. The van der Waals surface area contributed by atoms with Crippen LogP contribution in [-0.4, -0.2) is 35.2 Å². The van der Waals surface area contributed by atoms with E-state index < -0.39 is 34.5 Å². The van der Waals surface area contributed by atoms with Crippen LogP contribution >= 0.6 is 0 Å². The van der Waals surface area contributed by atoms with Gasteiger partial charge in [0, 0.05) is 7.05 Å². The predicted octanol–water partition coefficient (Wildman–Crippen LogP) is 1.57. The van der Waals surface area contributed by atoms with Crippen LogP contribution in [0, 0.1) is 0 Å². The summed E-state index contributed by atoms with van der Waals surface area (Å²) in [7, 11) is 1.54. The Bertz CT molecular complexity index is 880. The summed E-state index contributed by atoms with van der Waals surface area (Å²) in [6.45, 7) is 0. The molecule has 0 unspecified atom stereocenters. The third-order valence-electron chi connectivity index (χ3n) is 3.45. The first-order valence-electron chi connectivity index (χ1n) is 5.65. The first kappa shape index (κ1) is 12.1. The molecule has 0 aliphatic heterocycles. The van der Waals surface area contributed by atoms with Crippen LogP contribution in [0.15, 0.2) is 12.1 Å². The molecule has 0 spiro atoms. The van der Waals surface area contributed by atoms with Crippen molar-refractivity contribution in [1.29, 1.82) is 0 Å². The number of nitrogens with zero attached hydrogens (tertiary/aromatic N) is 1. The van der Waals surface area contributed by atoms with Gasteiger partial charge in [-0.1, -0.05) is 0 Å². The Kier molecular flexibility index (Phi) is 2.14. The van der Waals surface area contributed by atoms with Gasteiger partial charge in [0.1, 0.15) is 0 Å². The van der Waals surface area contributed by atoms with E-state index in [0.29, 0.717) is 5.52 Å². The van der Waals surface area contributed by atoms with E-state index in [-0.39, 0.29) is 16.3 Å². The minimum atomic E-state index is -0.898. The van der Waals surface area contributed by atoms with Crippen molar-refractivity contribution < 1.29 is 30.6 Å². The number of phenolic OH excluding ortho intramolecular Hbond substituents is 6. The summed E-state index contributed by atoms with van der Waals surface area (Å²) < 4.78 is 1.41. The molecule has 6 N–H and O–H groups in total. The summed E-state index contributed by atoms with van der Waals surface area (Å²) in [5, 5.41) is 58.6. The Hall–Kier alpha value is -2.96. The number of hydrogen-bond donors (Lipinski definition) is 6. The smallest absolute Gasteiger partial charge is 0.206 e. The standard InChI is InChI=1S/C13H11NO6/c1-14-4-2-3-5(15)9(16)6(4)7-8(14)11(18)13(20)12(19)10(7)17/h2-3,15-20H,1H3. The lowest BCUT2D eigenvalue weighted by atomic mass is 10.1. The molecule has 0 aliphatic rings. The fourth-order valence-electron chi connectivity index (χ4n) is 2.46. The first-order valence-corrected chi connectivity index (χ1v) is 5.65. The van der Waals surface area contributed by atoms with Crippen LogP contribution in [0.2, 0.25) is 0 Å². The van der Waals surface area contributed by atoms with Gasteiger partial charge < -0.3 is 35.2 Å². The lowest BCUT2D eigenvalue weighted by Crippen LogP contribution is -1.87. The van der Waals surface area contributed by atoms with E-state index in [2.05, 4.69) is 0 Å². The van der Waals surface area contributed by atoms with Crippen LogP contribution < -0.4 is 0 Å². The van der Waals surface area contributed by atoms with Gasteiger partial charge in [-0.2, -0.15) is 0 Å². The van der Waals surface area contributed by atoms with Crippen molar-refractivity contribution in [3.63, 3.8) is 0 Å². The van der Waals surface area contributed by atoms with Crippen molar-refractivity contribution in [3.05, 3.63) is 12.1 Å². The zero-order valence-corrected chi connectivity index (χ0v) is 10.3. The Morgan fingerprint density at radius 3 is 1.95 bits per heavy atom. The minimum absolute atomic E-state index is 0.0219. The van der Waals surface area contributed by atoms with E-state index in [1.165, 1.54) is 23.7 Å². The second kappa shape index (κ2) is 3.53. The molecule has 0 aliphatic carbocycles. The molecule has 0 saturated heterocycles. The van der Waals surface area contributed by atoms with Crippen molar-refractivity contribution in [3.8, 4) is 34.5 Å². The molecule has 0 saturated carbocycles. The molecule has 0 atom stereocenters. The molecule has 2 aromatic carbocycles. The Morgan fingerprint density at radius 1 is 0.700 bits per heavy atom. The molecular formula is C13H11NO6. The van der Waals surface area contributed by atoms with Crippen molar-refractivity contribution in [2.24, 2.45) is 7.05 Å². The maximum Gasteiger partial charge on any atom is 0.206 e. The maximum atomic E-state index is 9.96. The van der Waals surface area contributed by atoms with Crippen LogP contribution in [0.1, 0.15) is 0 Å². The SMILES string of the molecule is Cn1c2ccc(O)c(O)c2c2c(O)c(O)c(O)c(O)c21. The van der Waals surface area contributed by atoms with Crippen LogP contribution in [0.4, 0.5) is 0 Å². The van der Waals surface area contributed by atoms with Crippen LogP contribution in [-0.2, 0) is 7.05 Å². The summed E-state index contributed by atoms with van der Waals surface area (Å²) >= 11 is 0. The van der Waals surface area contributed by atoms with Crippen molar-refractivity contribution >= 4 is 21.8 Å². The topological polar surface area (TPSA) is 126 Å². The highest BCUT2D eigenvalue weighted by atomic mass is 16.3. The number of aryl methyl sites for hydroxylation is 1. The molecule has 20 heavy (non-hydrogen) atoms. The van der Waals surface area contributed by atoms with E-state index in [1.807, 2.05) is 0 Å². The molecule has 104 valence electrons. The van der Waals surface area contributed by atoms with E-state index in [0.717, 1.165) is 0 Å². The minimum Gasteiger partial charge on any atom is -0.504 e. The predicted molar refractivity (Wildman–Crippen MR) is 70.4 cm³/mol. The molecule has 3 aromatic rings. The second-order valence-corrected chi connectivity index (χ2v) is 4.50. The van der Waals surface area contributed by atoms with Crippen molar-refractivity contribution in [1.82, 2.24) is 4.57 Å². The highest BCUT2D eigenvalue weighted by molar-refractivity contribution is 6.17. The average Bonchev–Trinajstić information content (AvgIpc) is 2.72. The number of aromatic hydroxyl groups is 6. The number of rotatable bonds is 0.